The highest BCUT2D eigenvalue weighted by atomic mass is 79.9. The lowest BCUT2D eigenvalue weighted by Gasteiger charge is -2.18. The monoisotopic (exact) mass is 279 g/mol. The van der Waals surface area contributed by atoms with Gasteiger partial charge in [0.2, 0.25) is 0 Å². The van der Waals surface area contributed by atoms with Crippen LogP contribution in [0.4, 0.5) is 0 Å². The molecule has 1 unspecified atom stereocenters. The predicted octanol–water partition coefficient (Wildman–Crippen LogP) is 3.82. The van der Waals surface area contributed by atoms with Gasteiger partial charge in [0, 0.05) is 16.9 Å². The topological polar surface area (TPSA) is 12.0 Å². The van der Waals surface area contributed by atoms with Crippen LogP contribution in [0.5, 0.6) is 0 Å². The zero-order valence-electron chi connectivity index (χ0n) is 10.1. The summed E-state index contributed by atoms with van der Waals surface area (Å²) in [6.07, 6.45) is 0.863. The van der Waals surface area contributed by atoms with Gasteiger partial charge in [0.05, 0.1) is 0 Å². The fourth-order valence-electron chi connectivity index (χ4n) is 1.74. The fourth-order valence-corrected chi connectivity index (χ4v) is 2.13. The molecule has 0 radical (unpaired) electrons. The Hall–Kier alpha value is -0.780. The van der Waals surface area contributed by atoms with Gasteiger partial charge >= 0.3 is 0 Å². The number of hydrogen-bond acceptors (Lipinski definition) is 1. The van der Waals surface area contributed by atoms with Gasteiger partial charge in [-0.15, -0.1) is 11.8 Å². The Kier molecular flexibility index (Phi) is 5.59. The Morgan fingerprint density at radius 3 is 2.81 bits per heavy atom. The van der Waals surface area contributed by atoms with Crippen molar-refractivity contribution in [2.24, 2.45) is 0 Å². The van der Waals surface area contributed by atoms with E-state index < -0.39 is 0 Å². The maximum atomic E-state index is 3.57. The van der Waals surface area contributed by atoms with Gasteiger partial charge in [-0.3, -0.25) is 0 Å². The smallest absolute Gasteiger partial charge is 0.0433 e. The van der Waals surface area contributed by atoms with Crippen LogP contribution in [-0.4, -0.2) is 6.54 Å². The molecule has 0 aliphatic heterocycles. The molecule has 0 aliphatic rings. The Labute approximate surface area is 107 Å². The third-order valence-electron chi connectivity index (χ3n) is 2.62. The Balaban J connectivity index is 2.98. The van der Waals surface area contributed by atoms with Crippen molar-refractivity contribution in [1.82, 2.24) is 5.32 Å². The van der Waals surface area contributed by atoms with E-state index in [1.807, 2.05) is 6.92 Å². The molecule has 0 bridgehead atoms. The number of benzene rings is 1. The van der Waals surface area contributed by atoms with Gasteiger partial charge in [0.15, 0.2) is 0 Å². The van der Waals surface area contributed by atoms with E-state index in [0.717, 1.165) is 17.4 Å². The Morgan fingerprint density at radius 1 is 1.44 bits per heavy atom. The summed E-state index contributed by atoms with van der Waals surface area (Å²) in [5, 5.41) is 3.48. The molecule has 0 heterocycles. The zero-order valence-corrected chi connectivity index (χ0v) is 11.7. The predicted molar refractivity (Wildman–Crippen MR) is 73.4 cm³/mol. The highest BCUT2D eigenvalue weighted by Gasteiger charge is 2.12. The van der Waals surface area contributed by atoms with Crippen LogP contribution in [0.2, 0.25) is 0 Å². The number of hydrogen-bond donors (Lipinski definition) is 1. The lowest BCUT2D eigenvalue weighted by Crippen LogP contribution is -2.21. The van der Waals surface area contributed by atoms with Crippen molar-refractivity contribution in [3.8, 4) is 11.8 Å². The molecule has 0 aromatic heterocycles. The van der Waals surface area contributed by atoms with Crippen molar-refractivity contribution >= 4 is 15.9 Å². The third-order valence-corrected chi connectivity index (χ3v) is 3.48. The van der Waals surface area contributed by atoms with E-state index >= 15 is 0 Å². The average molecular weight is 280 g/mol. The lowest BCUT2D eigenvalue weighted by molar-refractivity contribution is 0.562. The minimum absolute atomic E-state index is 0.329. The molecule has 1 nitrogen and oxygen atoms in total. The SMILES string of the molecule is CC#CCC(NCC)c1cccc(Br)c1C. The maximum Gasteiger partial charge on any atom is 0.0433 e. The van der Waals surface area contributed by atoms with E-state index in [2.05, 4.69) is 65.1 Å². The fraction of sp³-hybridized carbons (Fsp3) is 0.429. The molecule has 0 saturated heterocycles. The molecule has 2 heteroatoms. The van der Waals surface area contributed by atoms with E-state index in [0.29, 0.717) is 6.04 Å². The highest BCUT2D eigenvalue weighted by molar-refractivity contribution is 9.10. The molecule has 1 aromatic carbocycles. The van der Waals surface area contributed by atoms with Gasteiger partial charge < -0.3 is 5.32 Å². The summed E-state index contributed by atoms with van der Waals surface area (Å²) in [6.45, 7) is 7.11. The molecule has 1 atom stereocenters. The maximum absolute atomic E-state index is 3.57. The number of rotatable bonds is 4. The second-order valence-corrected chi connectivity index (χ2v) is 4.55. The Bertz CT molecular complexity index is 401. The van der Waals surface area contributed by atoms with Crippen LogP contribution in [0.3, 0.4) is 0 Å². The summed E-state index contributed by atoms with van der Waals surface area (Å²) in [7, 11) is 0. The molecule has 86 valence electrons. The minimum Gasteiger partial charge on any atom is -0.309 e. The van der Waals surface area contributed by atoms with Crippen molar-refractivity contribution in [1.29, 1.82) is 0 Å². The highest BCUT2D eigenvalue weighted by Crippen LogP contribution is 2.26. The molecule has 0 amide bonds. The molecule has 0 spiro atoms. The number of halogens is 1. The molecular weight excluding hydrogens is 262 g/mol. The summed E-state index contributed by atoms with van der Waals surface area (Å²) in [5.41, 5.74) is 2.63. The first-order valence-corrected chi connectivity index (χ1v) is 6.38. The summed E-state index contributed by atoms with van der Waals surface area (Å²) >= 11 is 3.57. The van der Waals surface area contributed by atoms with Crippen LogP contribution in [0, 0.1) is 18.8 Å². The first-order chi connectivity index (χ1) is 7.70. The van der Waals surface area contributed by atoms with Crippen LogP contribution >= 0.6 is 15.9 Å². The van der Waals surface area contributed by atoms with Gasteiger partial charge in [-0.05, 0) is 37.6 Å². The van der Waals surface area contributed by atoms with Crippen molar-refractivity contribution in [3.63, 3.8) is 0 Å². The van der Waals surface area contributed by atoms with E-state index in [4.69, 9.17) is 0 Å². The van der Waals surface area contributed by atoms with Crippen LogP contribution in [0.25, 0.3) is 0 Å². The molecule has 1 N–H and O–H groups in total. The van der Waals surface area contributed by atoms with Crippen molar-refractivity contribution in [2.45, 2.75) is 33.2 Å². The Morgan fingerprint density at radius 2 is 2.19 bits per heavy atom. The van der Waals surface area contributed by atoms with E-state index in [1.54, 1.807) is 0 Å². The van der Waals surface area contributed by atoms with Gasteiger partial charge in [-0.1, -0.05) is 35.0 Å². The molecule has 1 aromatic rings. The van der Waals surface area contributed by atoms with Gasteiger partial charge in [0.25, 0.3) is 0 Å². The first kappa shape index (κ1) is 13.3. The molecule has 1 rings (SSSR count). The summed E-state index contributed by atoms with van der Waals surface area (Å²) < 4.78 is 1.16. The molecule has 0 fully saturated rings. The van der Waals surface area contributed by atoms with Crippen molar-refractivity contribution in [3.05, 3.63) is 33.8 Å². The normalized spacial score (nSPS) is 11.8. The van der Waals surface area contributed by atoms with E-state index in [9.17, 15) is 0 Å². The van der Waals surface area contributed by atoms with Crippen molar-refractivity contribution < 1.29 is 0 Å². The molecule has 16 heavy (non-hydrogen) atoms. The molecule has 0 saturated carbocycles. The average Bonchev–Trinajstić information content (AvgIpc) is 2.28. The van der Waals surface area contributed by atoms with Crippen molar-refractivity contribution in [2.75, 3.05) is 6.54 Å². The van der Waals surface area contributed by atoms with Crippen LogP contribution in [-0.2, 0) is 0 Å². The van der Waals surface area contributed by atoms with Gasteiger partial charge in [-0.25, -0.2) is 0 Å². The summed E-state index contributed by atoms with van der Waals surface area (Å²) in [5.74, 6) is 6.11. The number of nitrogens with one attached hydrogen (secondary N) is 1. The zero-order chi connectivity index (χ0) is 12.0. The third kappa shape index (κ3) is 3.37. The minimum atomic E-state index is 0.329. The van der Waals surface area contributed by atoms with Gasteiger partial charge in [-0.2, -0.15) is 0 Å². The van der Waals surface area contributed by atoms with E-state index in [1.165, 1.54) is 11.1 Å². The van der Waals surface area contributed by atoms with Gasteiger partial charge in [0.1, 0.15) is 0 Å². The van der Waals surface area contributed by atoms with Crippen LogP contribution < -0.4 is 5.32 Å². The molecule has 0 aliphatic carbocycles. The quantitative estimate of drug-likeness (QED) is 0.827. The summed E-state index contributed by atoms with van der Waals surface area (Å²) in [6, 6.07) is 6.66. The van der Waals surface area contributed by atoms with E-state index in [-0.39, 0.29) is 0 Å². The summed E-state index contributed by atoms with van der Waals surface area (Å²) in [4.78, 5) is 0. The second-order valence-electron chi connectivity index (χ2n) is 3.70. The van der Waals surface area contributed by atoms with Crippen LogP contribution in [0.1, 0.15) is 37.4 Å². The second kappa shape index (κ2) is 6.73. The largest absolute Gasteiger partial charge is 0.309 e. The molecular formula is C14H18BrN. The standard InChI is InChI=1S/C14H18BrN/c1-4-6-10-14(16-5-2)12-8-7-9-13(15)11(12)3/h7-9,14,16H,5,10H2,1-3H3. The first-order valence-electron chi connectivity index (χ1n) is 5.58. The lowest BCUT2D eigenvalue weighted by atomic mass is 9.99. The van der Waals surface area contributed by atoms with Crippen LogP contribution in [0.15, 0.2) is 22.7 Å².